The molecule has 0 spiro atoms. The van der Waals surface area contributed by atoms with Crippen LogP contribution in [0.4, 0.5) is 5.69 Å². The summed E-state index contributed by atoms with van der Waals surface area (Å²) in [5.41, 5.74) is 2.03. The zero-order chi connectivity index (χ0) is 20.5. The molecule has 0 bridgehead atoms. The number of nitrogens with one attached hydrogen (secondary N) is 2. The van der Waals surface area contributed by atoms with Gasteiger partial charge in [-0.3, -0.25) is 9.59 Å². The summed E-state index contributed by atoms with van der Waals surface area (Å²) >= 11 is 0. The van der Waals surface area contributed by atoms with Crippen molar-refractivity contribution in [3.63, 3.8) is 0 Å². The van der Waals surface area contributed by atoms with E-state index in [0.717, 1.165) is 31.9 Å². The molecule has 0 atom stereocenters. The standard InChI is InChI=1S/C23H36N4O2/c1-19-9-11-21(12-10-19)25-22(28)18-26-13-15-27(16-14-26)23(29)17-24-20-7-5-3-2-4-6-8-20/h9-12,20,24H,2-8,13-18H2,1H3,(H,25,28)/p+2. The van der Waals surface area contributed by atoms with Crippen molar-refractivity contribution in [1.29, 1.82) is 0 Å². The van der Waals surface area contributed by atoms with Gasteiger partial charge in [-0.15, -0.1) is 0 Å². The van der Waals surface area contributed by atoms with E-state index in [0.29, 0.717) is 19.1 Å². The van der Waals surface area contributed by atoms with E-state index in [1.165, 1.54) is 55.4 Å². The Balaban J connectivity index is 1.34. The second-order valence-corrected chi connectivity index (χ2v) is 8.77. The summed E-state index contributed by atoms with van der Waals surface area (Å²) < 4.78 is 0. The molecule has 1 aromatic rings. The van der Waals surface area contributed by atoms with Crippen LogP contribution in [0.1, 0.15) is 50.5 Å². The highest BCUT2D eigenvalue weighted by Gasteiger charge is 2.26. The third-order valence-corrected chi connectivity index (χ3v) is 6.34. The van der Waals surface area contributed by atoms with Crippen molar-refractivity contribution >= 4 is 17.5 Å². The lowest BCUT2D eigenvalue weighted by Crippen LogP contribution is -3.15. The highest BCUT2D eigenvalue weighted by atomic mass is 16.2. The highest BCUT2D eigenvalue weighted by Crippen LogP contribution is 2.15. The van der Waals surface area contributed by atoms with Gasteiger partial charge in [-0.05, 0) is 44.7 Å². The van der Waals surface area contributed by atoms with Gasteiger partial charge in [0.15, 0.2) is 13.1 Å². The summed E-state index contributed by atoms with van der Waals surface area (Å²) in [6, 6.07) is 8.50. The molecule has 29 heavy (non-hydrogen) atoms. The Bertz CT molecular complexity index is 645. The third kappa shape index (κ3) is 7.44. The Morgan fingerprint density at radius 2 is 1.66 bits per heavy atom. The molecule has 2 fully saturated rings. The Morgan fingerprint density at radius 1 is 1.03 bits per heavy atom. The quantitative estimate of drug-likeness (QED) is 0.642. The van der Waals surface area contributed by atoms with Crippen LogP contribution in [0.15, 0.2) is 24.3 Å². The van der Waals surface area contributed by atoms with Crippen molar-refractivity contribution in [2.45, 2.75) is 57.9 Å². The van der Waals surface area contributed by atoms with Crippen LogP contribution >= 0.6 is 0 Å². The lowest BCUT2D eigenvalue weighted by Gasteiger charge is -2.31. The summed E-state index contributed by atoms with van der Waals surface area (Å²) in [4.78, 5) is 28.1. The number of hydrogen-bond donors (Lipinski definition) is 3. The molecule has 1 aromatic carbocycles. The Kier molecular flexibility index (Phi) is 8.50. The topological polar surface area (TPSA) is 70.5 Å². The van der Waals surface area contributed by atoms with Gasteiger partial charge in [-0.1, -0.05) is 37.0 Å². The van der Waals surface area contributed by atoms with Gasteiger partial charge in [0.2, 0.25) is 0 Å². The van der Waals surface area contributed by atoms with E-state index in [1.54, 1.807) is 0 Å². The van der Waals surface area contributed by atoms with Gasteiger partial charge < -0.3 is 20.4 Å². The summed E-state index contributed by atoms with van der Waals surface area (Å²) in [5, 5.41) is 5.25. The molecule has 6 nitrogen and oxygen atoms in total. The van der Waals surface area contributed by atoms with E-state index >= 15 is 0 Å². The predicted molar refractivity (Wildman–Crippen MR) is 115 cm³/mol. The largest absolute Gasteiger partial charge is 0.336 e. The molecular weight excluding hydrogens is 364 g/mol. The van der Waals surface area contributed by atoms with Crippen molar-refractivity contribution in [3.8, 4) is 0 Å². The minimum Gasteiger partial charge on any atom is -0.336 e. The van der Waals surface area contributed by atoms with Gasteiger partial charge in [-0.25, -0.2) is 0 Å². The molecule has 2 aliphatic rings. The van der Waals surface area contributed by atoms with Crippen molar-refractivity contribution < 1.29 is 19.8 Å². The number of benzene rings is 1. The number of anilines is 1. The fourth-order valence-corrected chi connectivity index (χ4v) is 4.44. The normalized spacial score (nSPS) is 19.4. The zero-order valence-electron chi connectivity index (χ0n) is 17.9. The number of nitrogens with zero attached hydrogens (tertiary/aromatic N) is 1. The molecule has 1 saturated heterocycles. The second kappa shape index (κ2) is 11.3. The first-order valence-electron chi connectivity index (χ1n) is 11.4. The fraction of sp³-hybridized carbons (Fsp3) is 0.652. The monoisotopic (exact) mass is 402 g/mol. The molecule has 3 rings (SSSR count). The van der Waals surface area contributed by atoms with E-state index in [9.17, 15) is 9.59 Å². The van der Waals surface area contributed by atoms with E-state index in [1.807, 2.05) is 36.1 Å². The molecule has 6 heteroatoms. The zero-order valence-corrected chi connectivity index (χ0v) is 17.9. The van der Waals surface area contributed by atoms with Gasteiger partial charge in [0.1, 0.15) is 0 Å². The Hall–Kier alpha value is -1.92. The maximum atomic E-state index is 12.6. The number of carbonyl (C=O) groups excluding carboxylic acids is 2. The molecule has 160 valence electrons. The smallest absolute Gasteiger partial charge is 0.279 e. The molecule has 1 heterocycles. The van der Waals surface area contributed by atoms with Crippen molar-refractivity contribution in [1.82, 2.24) is 4.90 Å². The van der Waals surface area contributed by atoms with Crippen LogP contribution in [-0.2, 0) is 9.59 Å². The Morgan fingerprint density at radius 3 is 2.31 bits per heavy atom. The number of aryl methyl sites for hydroxylation is 1. The Labute approximate surface area is 175 Å². The van der Waals surface area contributed by atoms with Crippen LogP contribution in [0.5, 0.6) is 0 Å². The lowest BCUT2D eigenvalue weighted by molar-refractivity contribution is -0.895. The molecule has 0 aromatic heterocycles. The lowest BCUT2D eigenvalue weighted by atomic mass is 9.97. The van der Waals surface area contributed by atoms with Crippen molar-refractivity contribution in [2.75, 3.05) is 44.6 Å². The average molecular weight is 403 g/mol. The van der Waals surface area contributed by atoms with Gasteiger partial charge >= 0.3 is 0 Å². The average Bonchev–Trinajstić information content (AvgIpc) is 2.69. The second-order valence-electron chi connectivity index (χ2n) is 8.77. The summed E-state index contributed by atoms with van der Waals surface area (Å²) in [6.07, 6.45) is 9.19. The number of nitrogens with two attached hydrogens (primary N) is 1. The number of rotatable bonds is 6. The van der Waals surface area contributed by atoms with Gasteiger partial charge in [0.05, 0.1) is 32.2 Å². The van der Waals surface area contributed by atoms with Gasteiger partial charge in [0, 0.05) is 5.69 Å². The molecule has 0 unspecified atom stereocenters. The first-order chi connectivity index (χ1) is 14.1. The minimum absolute atomic E-state index is 0.0428. The minimum atomic E-state index is 0.0428. The maximum Gasteiger partial charge on any atom is 0.279 e. The van der Waals surface area contributed by atoms with E-state index < -0.39 is 0 Å². The highest BCUT2D eigenvalue weighted by molar-refractivity contribution is 5.91. The van der Waals surface area contributed by atoms with Gasteiger partial charge in [-0.2, -0.15) is 0 Å². The van der Waals surface area contributed by atoms with Crippen molar-refractivity contribution in [3.05, 3.63) is 29.8 Å². The van der Waals surface area contributed by atoms with Crippen LogP contribution in [0.2, 0.25) is 0 Å². The summed E-state index contributed by atoms with van der Waals surface area (Å²) in [5.74, 6) is 0.302. The predicted octanol–water partition coefficient (Wildman–Crippen LogP) is 0.337. The van der Waals surface area contributed by atoms with E-state index in [4.69, 9.17) is 0 Å². The van der Waals surface area contributed by atoms with Crippen LogP contribution in [-0.4, -0.2) is 62.0 Å². The molecule has 4 N–H and O–H groups in total. The number of piperazine rings is 1. The van der Waals surface area contributed by atoms with E-state index in [2.05, 4.69) is 10.6 Å². The van der Waals surface area contributed by atoms with Crippen LogP contribution in [0.3, 0.4) is 0 Å². The number of hydrogen-bond acceptors (Lipinski definition) is 2. The van der Waals surface area contributed by atoms with Crippen LogP contribution in [0, 0.1) is 6.92 Å². The molecule has 2 amide bonds. The first kappa shape index (κ1) is 21.8. The molecule has 1 aliphatic carbocycles. The summed E-state index contributed by atoms with van der Waals surface area (Å²) in [7, 11) is 0. The number of amides is 2. The first-order valence-corrected chi connectivity index (χ1v) is 11.4. The van der Waals surface area contributed by atoms with Crippen LogP contribution in [0.25, 0.3) is 0 Å². The molecule has 1 aliphatic heterocycles. The van der Waals surface area contributed by atoms with E-state index in [-0.39, 0.29) is 11.8 Å². The molecular formula is C23H38N4O2+2. The fourth-order valence-electron chi connectivity index (χ4n) is 4.44. The van der Waals surface area contributed by atoms with Crippen LogP contribution < -0.4 is 15.5 Å². The number of quaternary nitrogens is 2. The summed E-state index contributed by atoms with van der Waals surface area (Å²) in [6.45, 7) is 6.27. The maximum absolute atomic E-state index is 12.6. The number of carbonyl (C=O) groups is 2. The SMILES string of the molecule is Cc1ccc(NC(=O)C[NH+]2CCN(C(=O)C[NH2+]C3CCCCCCC3)CC2)cc1. The van der Waals surface area contributed by atoms with Crippen molar-refractivity contribution in [2.24, 2.45) is 0 Å². The molecule has 0 radical (unpaired) electrons. The molecule has 1 saturated carbocycles. The van der Waals surface area contributed by atoms with Gasteiger partial charge in [0.25, 0.3) is 11.8 Å². The third-order valence-electron chi connectivity index (χ3n) is 6.34.